The lowest BCUT2D eigenvalue weighted by atomic mass is 10.1. The minimum atomic E-state index is -0.544. The van der Waals surface area contributed by atoms with Crippen molar-refractivity contribution in [3.8, 4) is 11.1 Å². The fraction of sp³-hybridized carbons (Fsp3) is 0.375. The Morgan fingerprint density at radius 2 is 1.95 bits per heavy atom. The average Bonchev–Trinajstić information content (AvgIpc) is 2.75. The summed E-state index contributed by atoms with van der Waals surface area (Å²) in [6.07, 6.45) is 4.82. The third-order valence-electron chi connectivity index (χ3n) is 3.16. The van der Waals surface area contributed by atoms with Crippen molar-refractivity contribution < 1.29 is 9.53 Å². The number of pyridine rings is 1. The molecule has 0 amide bonds. The predicted molar refractivity (Wildman–Crippen MR) is 81.9 cm³/mol. The molecule has 2 heterocycles. The maximum atomic E-state index is 12.3. The molecule has 0 bridgehead atoms. The van der Waals surface area contributed by atoms with Crippen LogP contribution in [0.3, 0.4) is 0 Å². The van der Waals surface area contributed by atoms with Crippen molar-refractivity contribution in [1.29, 1.82) is 0 Å². The zero-order chi connectivity index (χ0) is 15.6. The van der Waals surface area contributed by atoms with Crippen LogP contribution in [0.2, 0.25) is 0 Å². The molecule has 0 radical (unpaired) electrons. The van der Waals surface area contributed by atoms with Gasteiger partial charge in [-0.3, -0.25) is 9.55 Å². The first-order valence-electron chi connectivity index (χ1n) is 6.88. The molecule has 0 aliphatic carbocycles. The highest BCUT2D eigenvalue weighted by Gasteiger charge is 2.22. The molecule has 0 aliphatic heterocycles. The third-order valence-corrected chi connectivity index (χ3v) is 3.16. The van der Waals surface area contributed by atoms with Gasteiger partial charge in [0.15, 0.2) is 0 Å². The summed E-state index contributed by atoms with van der Waals surface area (Å²) in [5.74, 6) is 0. The summed E-state index contributed by atoms with van der Waals surface area (Å²) < 4.78 is 6.92. The van der Waals surface area contributed by atoms with Gasteiger partial charge in [0, 0.05) is 36.4 Å². The Hall–Kier alpha value is -2.14. The van der Waals surface area contributed by atoms with E-state index in [9.17, 15) is 4.79 Å². The van der Waals surface area contributed by atoms with Crippen LogP contribution < -0.4 is 5.73 Å². The van der Waals surface area contributed by atoms with Gasteiger partial charge in [-0.25, -0.2) is 4.79 Å². The van der Waals surface area contributed by atoms with Crippen molar-refractivity contribution in [2.75, 3.05) is 0 Å². The molecule has 0 spiro atoms. The summed E-state index contributed by atoms with van der Waals surface area (Å²) in [5, 5.41) is 0. The Morgan fingerprint density at radius 3 is 2.48 bits per heavy atom. The number of nitrogens with two attached hydrogens (primary N) is 1. The lowest BCUT2D eigenvalue weighted by Crippen LogP contribution is -2.28. The Kier molecular flexibility index (Phi) is 4.14. The molecule has 2 aromatic rings. The second kappa shape index (κ2) is 5.69. The van der Waals surface area contributed by atoms with E-state index in [0.29, 0.717) is 0 Å². The lowest BCUT2D eigenvalue weighted by Gasteiger charge is -2.20. The molecule has 112 valence electrons. The number of carbonyl (C=O) groups is 1. The molecule has 0 saturated heterocycles. The smallest absolute Gasteiger partial charge is 0.418 e. The highest BCUT2D eigenvalue weighted by atomic mass is 16.6. The number of aromatic nitrogens is 2. The molecular weight excluding hydrogens is 266 g/mol. The van der Waals surface area contributed by atoms with E-state index in [1.165, 1.54) is 4.57 Å². The van der Waals surface area contributed by atoms with Crippen LogP contribution in [0.25, 0.3) is 11.1 Å². The van der Waals surface area contributed by atoms with Gasteiger partial charge in [0.1, 0.15) is 5.60 Å². The average molecular weight is 287 g/mol. The van der Waals surface area contributed by atoms with Crippen LogP contribution in [0, 0.1) is 6.92 Å². The van der Waals surface area contributed by atoms with E-state index in [2.05, 4.69) is 4.98 Å². The highest BCUT2D eigenvalue weighted by Crippen LogP contribution is 2.27. The van der Waals surface area contributed by atoms with E-state index in [-0.39, 0.29) is 6.54 Å². The third kappa shape index (κ3) is 3.31. The quantitative estimate of drug-likeness (QED) is 0.921. The first kappa shape index (κ1) is 15.3. The fourth-order valence-electron chi connectivity index (χ4n) is 2.19. The second-order valence-corrected chi connectivity index (χ2v) is 5.90. The van der Waals surface area contributed by atoms with Crippen LogP contribution in [-0.4, -0.2) is 21.2 Å². The second-order valence-electron chi connectivity index (χ2n) is 5.90. The number of rotatable bonds is 2. The molecule has 0 unspecified atom stereocenters. The van der Waals surface area contributed by atoms with Gasteiger partial charge >= 0.3 is 6.09 Å². The number of ether oxygens (including phenoxy) is 1. The monoisotopic (exact) mass is 287 g/mol. The van der Waals surface area contributed by atoms with Gasteiger partial charge in [-0.05, 0) is 51.0 Å². The predicted octanol–water partition coefficient (Wildman–Crippen LogP) is 3.10. The van der Waals surface area contributed by atoms with E-state index in [4.69, 9.17) is 10.5 Å². The number of carbonyl (C=O) groups excluding carboxylic acids is 1. The van der Waals surface area contributed by atoms with Gasteiger partial charge in [0.2, 0.25) is 0 Å². The first-order chi connectivity index (χ1) is 9.83. The Balaban J connectivity index is 2.46. The minimum absolute atomic E-state index is 0.274. The van der Waals surface area contributed by atoms with Crippen LogP contribution in [0.5, 0.6) is 0 Å². The van der Waals surface area contributed by atoms with Crippen molar-refractivity contribution in [2.24, 2.45) is 5.73 Å². The van der Waals surface area contributed by atoms with E-state index in [1.54, 1.807) is 18.6 Å². The highest BCUT2D eigenvalue weighted by molar-refractivity contribution is 5.78. The molecule has 0 atom stereocenters. The Labute approximate surface area is 124 Å². The largest absolute Gasteiger partial charge is 0.443 e. The normalized spacial score (nSPS) is 11.5. The molecular formula is C16H21N3O2. The van der Waals surface area contributed by atoms with Gasteiger partial charge < -0.3 is 10.5 Å². The van der Waals surface area contributed by atoms with Crippen molar-refractivity contribution in [3.63, 3.8) is 0 Å². The first-order valence-corrected chi connectivity index (χ1v) is 6.88. The Morgan fingerprint density at radius 1 is 1.33 bits per heavy atom. The van der Waals surface area contributed by atoms with Crippen molar-refractivity contribution >= 4 is 6.09 Å². The molecule has 2 N–H and O–H groups in total. The van der Waals surface area contributed by atoms with Crippen LogP contribution >= 0.6 is 0 Å². The molecule has 0 saturated carbocycles. The zero-order valence-corrected chi connectivity index (χ0v) is 12.9. The molecule has 0 aromatic carbocycles. The maximum Gasteiger partial charge on any atom is 0.418 e. The van der Waals surface area contributed by atoms with Gasteiger partial charge in [0.05, 0.1) is 0 Å². The topological polar surface area (TPSA) is 70.1 Å². The molecule has 2 rings (SSSR count). The SMILES string of the molecule is Cc1c(-c2ccncc2)cn(C(=O)OC(C)(C)C)c1CN. The molecule has 0 aliphatic rings. The van der Waals surface area contributed by atoms with Crippen LogP contribution in [0.1, 0.15) is 32.0 Å². The van der Waals surface area contributed by atoms with Crippen molar-refractivity contribution in [3.05, 3.63) is 42.0 Å². The summed E-state index contributed by atoms with van der Waals surface area (Å²) in [7, 11) is 0. The van der Waals surface area contributed by atoms with E-state index in [1.807, 2.05) is 39.8 Å². The maximum absolute atomic E-state index is 12.3. The number of nitrogens with zero attached hydrogens (tertiary/aromatic N) is 2. The summed E-state index contributed by atoms with van der Waals surface area (Å²) in [6.45, 7) is 7.75. The van der Waals surface area contributed by atoms with E-state index in [0.717, 1.165) is 22.4 Å². The molecule has 5 nitrogen and oxygen atoms in total. The summed E-state index contributed by atoms with van der Waals surface area (Å²) >= 11 is 0. The van der Waals surface area contributed by atoms with Gasteiger partial charge in [-0.15, -0.1) is 0 Å². The minimum Gasteiger partial charge on any atom is -0.443 e. The van der Waals surface area contributed by atoms with Gasteiger partial charge in [-0.1, -0.05) is 0 Å². The van der Waals surface area contributed by atoms with E-state index < -0.39 is 11.7 Å². The van der Waals surface area contributed by atoms with Crippen LogP contribution in [-0.2, 0) is 11.3 Å². The van der Waals surface area contributed by atoms with Gasteiger partial charge in [-0.2, -0.15) is 0 Å². The molecule has 2 aromatic heterocycles. The van der Waals surface area contributed by atoms with Crippen molar-refractivity contribution in [1.82, 2.24) is 9.55 Å². The van der Waals surface area contributed by atoms with E-state index >= 15 is 0 Å². The zero-order valence-electron chi connectivity index (χ0n) is 12.9. The standard InChI is InChI=1S/C16H21N3O2/c1-11-13(12-5-7-18-8-6-12)10-19(14(11)9-17)15(20)21-16(2,3)4/h5-8,10H,9,17H2,1-4H3. The molecule has 5 heteroatoms. The fourth-order valence-corrected chi connectivity index (χ4v) is 2.19. The van der Waals surface area contributed by atoms with Gasteiger partial charge in [0.25, 0.3) is 0 Å². The van der Waals surface area contributed by atoms with Crippen LogP contribution in [0.4, 0.5) is 4.79 Å². The lowest BCUT2D eigenvalue weighted by molar-refractivity contribution is 0.0533. The number of hydrogen-bond donors (Lipinski definition) is 1. The summed E-state index contributed by atoms with van der Waals surface area (Å²) in [4.78, 5) is 16.3. The van der Waals surface area contributed by atoms with Crippen LogP contribution in [0.15, 0.2) is 30.7 Å². The van der Waals surface area contributed by atoms with Crippen molar-refractivity contribution in [2.45, 2.75) is 39.8 Å². The summed E-state index contributed by atoms with van der Waals surface area (Å²) in [6, 6.07) is 3.81. The summed E-state index contributed by atoms with van der Waals surface area (Å²) in [5.41, 5.74) is 8.96. The number of hydrogen-bond acceptors (Lipinski definition) is 4. The Bertz CT molecular complexity index is 640. The molecule has 21 heavy (non-hydrogen) atoms. The molecule has 0 fully saturated rings.